The smallest absolute Gasteiger partial charge is 0.463 e. The van der Waals surface area contributed by atoms with Gasteiger partial charge in [-0.05, 0) is 116 Å². The molecule has 9 heteroatoms. The summed E-state index contributed by atoms with van der Waals surface area (Å²) in [7, 11) is 0. The number of carbonyl (C=O) groups is 4. The average molecular weight is 645 g/mol. The maximum atomic E-state index is 13.1. The lowest BCUT2D eigenvalue weighted by Gasteiger charge is -2.36. The second kappa shape index (κ2) is 17.3. The molecular weight excluding hydrogens is 600 g/mol. The Hall–Kier alpha value is -4.66. The topological polar surface area (TPSA) is 114 Å². The van der Waals surface area contributed by atoms with Gasteiger partial charge in [-0.15, -0.1) is 0 Å². The predicted octanol–water partition coefficient (Wildman–Crippen LogP) is 8.48. The minimum Gasteiger partial charge on any atom is -0.463 e. The SMILES string of the molecule is C=CC(=O)OCCCCCCOC(=O)Oc1ccc(C(=O)Oc2ccc3cc(C(=O)OC4CC(C)CCC4C(C)C)ccc3c2)cc1. The summed E-state index contributed by atoms with van der Waals surface area (Å²) in [5.41, 5.74) is 0.772. The zero-order valence-corrected chi connectivity index (χ0v) is 27.4. The lowest BCUT2D eigenvalue weighted by Crippen LogP contribution is -2.35. The number of unbranched alkanes of at least 4 members (excludes halogenated alkanes) is 3. The van der Waals surface area contributed by atoms with E-state index in [0.717, 1.165) is 49.0 Å². The normalized spacial score (nSPS) is 17.5. The summed E-state index contributed by atoms with van der Waals surface area (Å²) in [5, 5.41) is 1.64. The van der Waals surface area contributed by atoms with Crippen molar-refractivity contribution in [3.63, 3.8) is 0 Å². The lowest BCUT2D eigenvalue weighted by molar-refractivity contribution is -0.137. The molecule has 0 N–H and O–H groups in total. The van der Waals surface area contributed by atoms with Crippen molar-refractivity contribution in [3.05, 3.63) is 84.4 Å². The Morgan fingerprint density at radius 1 is 0.766 bits per heavy atom. The fourth-order valence-corrected chi connectivity index (χ4v) is 5.77. The summed E-state index contributed by atoms with van der Waals surface area (Å²) < 4.78 is 26.8. The molecule has 3 atom stereocenters. The monoisotopic (exact) mass is 644 g/mol. The third kappa shape index (κ3) is 10.7. The van der Waals surface area contributed by atoms with E-state index in [-0.39, 0.29) is 30.0 Å². The van der Waals surface area contributed by atoms with Crippen molar-refractivity contribution in [1.82, 2.24) is 0 Å². The van der Waals surface area contributed by atoms with Crippen molar-refractivity contribution in [2.45, 2.75) is 71.8 Å². The molecule has 1 aliphatic carbocycles. The van der Waals surface area contributed by atoms with Gasteiger partial charge in [0.1, 0.15) is 17.6 Å². The third-order valence-corrected chi connectivity index (χ3v) is 8.44. The van der Waals surface area contributed by atoms with Crippen LogP contribution in [0.15, 0.2) is 73.3 Å². The minimum absolute atomic E-state index is 0.0755. The number of benzene rings is 3. The lowest BCUT2D eigenvalue weighted by atomic mass is 9.75. The number of hydrogen-bond donors (Lipinski definition) is 0. The Balaban J connectivity index is 1.23. The Labute approximate surface area is 276 Å². The predicted molar refractivity (Wildman–Crippen MR) is 177 cm³/mol. The van der Waals surface area contributed by atoms with Gasteiger partial charge in [0.25, 0.3) is 0 Å². The van der Waals surface area contributed by atoms with Crippen LogP contribution in [0.2, 0.25) is 0 Å². The molecule has 1 aliphatic rings. The fourth-order valence-electron chi connectivity index (χ4n) is 5.77. The summed E-state index contributed by atoms with van der Waals surface area (Å²) in [6, 6.07) is 16.6. The van der Waals surface area contributed by atoms with Crippen molar-refractivity contribution in [2.24, 2.45) is 17.8 Å². The van der Waals surface area contributed by atoms with Crippen molar-refractivity contribution >= 4 is 34.8 Å². The van der Waals surface area contributed by atoms with Gasteiger partial charge in [-0.1, -0.05) is 45.9 Å². The second-order valence-electron chi connectivity index (χ2n) is 12.4. The van der Waals surface area contributed by atoms with E-state index in [1.54, 1.807) is 30.3 Å². The van der Waals surface area contributed by atoms with Gasteiger partial charge >= 0.3 is 24.1 Å². The van der Waals surface area contributed by atoms with E-state index in [2.05, 4.69) is 27.4 Å². The van der Waals surface area contributed by atoms with E-state index < -0.39 is 18.1 Å². The van der Waals surface area contributed by atoms with Crippen LogP contribution in [0.1, 0.15) is 86.4 Å². The van der Waals surface area contributed by atoms with Crippen LogP contribution in [0.25, 0.3) is 10.8 Å². The Kier molecular flexibility index (Phi) is 13.0. The van der Waals surface area contributed by atoms with Gasteiger partial charge in [0.15, 0.2) is 0 Å². The van der Waals surface area contributed by atoms with Crippen LogP contribution in [-0.2, 0) is 19.0 Å². The number of esters is 3. The van der Waals surface area contributed by atoms with Crippen molar-refractivity contribution in [3.8, 4) is 11.5 Å². The molecule has 0 radical (unpaired) electrons. The molecule has 1 fully saturated rings. The molecule has 3 aromatic rings. The zero-order chi connectivity index (χ0) is 33.8. The van der Waals surface area contributed by atoms with Gasteiger partial charge in [-0.2, -0.15) is 0 Å². The van der Waals surface area contributed by atoms with Crippen LogP contribution in [0.4, 0.5) is 4.79 Å². The highest BCUT2D eigenvalue weighted by Crippen LogP contribution is 2.36. The van der Waals surface area contributed by atoms with Crippen LogP contribution >= 0.6 is 0 Å². The molecule has 0 bridgehead atoms. The first-order valence-electron chi connectivity index (χ1n) is 16.3. The Morgan fingerprint density at radius 3 is 2.11 bits per heavy atom. The van der Waals surface area contributed by atoms with Crippen LogP contribution in [0.3, 0.4) is 0 Å². The quantitative estimate of drug-likeness (QED) is 0.0425. The molecule has 250 valence electrons. The molecule has 0 saturated heterocycles. The van der Waals surface area contributed by atoms with E-state index in [1.165, 1.54) is 30.7 Å². The Morgan fingerprint density at radius 2 is 1.40 bits per heavy atom. The molecule has 0 spiro atoms. The van der Waals surface area contributed by atoms with Crippen LogP contribution in [0, 0.1) is 17.8 Å². The molecule has 9 nitrogen and oxygen atoms in total. The molecule has 4 rings (SSSR count). The number of rotatable bonds is 14. The van der Waals surface area contributed by atoms with Gasteiger partial charge in [0.2, 0.25) is 0 Å². The zero-order valence-electron chi connectivity index (χ0n) is 27.4. The van der Waals surface area contributed by atoms with Gasteiger partial charge in [0, 0.05) is 6.08 Å². The van der Waals surface area contributed by atoms with Crippen LogP contribution < -0.4 is 9.47 Å². The number of hydrogen-bond acceptors (Lipinski definition) is 9. The molecule has 0 amide bonds. The van der Waals surface area contributed by atoms with Gasteiger partial charge in [-0.25, -0.2) is 19.2 Å². The Bertz CT molecular complexity index is 1540. The van der Waals surface area contributed by atoms with E-state index >= 15 is 0 Å². The summed E-state index contributed by atoms with van der Waals surface area (Å²) in [6.45, 7) is 10.5. The van der Waals surface area contributed by atoms with Crippen LogP contribution in [0.5, 0.6) is 11.5 Å². The molecule has 47 heavy (non-hydrogen) atoms. The van der Waals surface area contributed by atoms with Crippen molar-refractivity contribution < 1.29 is 42.9 Å². The first kappa shape index (κ1) is 35.2. The molecule has 0 aromatic heterocycles. The molecule has 0 aliphatic heterocycles. The number of fused-ring (bicyclic) bond motifs is 1. The molecule has 0 heterocycles. The molecule has 3 unspecified atom stereocenters. The van der Waals surface area contributed by atoms with Crippen molar-refractivity contribution in [1.29, 1.82) is 0 Å². The van der Waals surface area contributed by atoms with E-state index in [4.69, 9.17) is 23.7 Å². The van der Waals surface area contributed by atoms with Crippen LogP contribution in [-0.4, -0.2) is 43.4 Å². The molecule has 3 aromatic carbocycles. The van der Waals surface area contributed by atoms with E-state index in [1.807, 2.05) is 6.07 Å². The van der Waals surface area contributed by atoms with Gasteiger partial charge in [-0.3, -0.25) is 0 Å². The summed E-state index contributed by atoms with van der Waals surface area (Å²) in [6.07, 6.45) is 6.35. The highest BCUT2D eigenvalue weighted by Gasteiger charge is 2.33. The highest BCUT2D eigenvalue weighted by atomic mass is 16.7. The first-order chi connectivity index (χ1) is 22.6. The maximum absolute atomic E-state index is 13.1. The van der Waals surface area contributed by atoms with Crippen molar-refractivity contribution in [2.75, 3.05) is 13.2 Å². The standard InChI is InChI=1S/C38H44O9/c1-5-35(39)43-20-8-6-7-9-21-44-38(42)46-31-16-13-27(14-17-31)36(40)45-32-18-15-28-23-30(12-11-29(28)24-32)37(41)47-34-22-26(4)10-19-33(34)25(2)3/h5,11-18,23-26,33-34H,1,6-10,19-22H2,2-4H3. The van der Waals surface area contributed by atoms with E-state index in [0.29, 0.717) is 42.1 Å². The number of ether oxygens (including phenoxy) is 5. The molecule has 1 saturated carbocycles. The molecular formula is C38H44O9. The average Bonchev–Trinajstić information content (AvgIpc) is 3.05. The summed E-state index contributed by atoms with van der Waals surface area (Å²) in [4.78, 5) is 48.8. The first-order valence-corrected chi connectivity index (χ1v) is 16.3. The van der Waals surface area contributed by atoms with E-state index in [9.17, 15) is 19.2 Å². The minimum atomic E-state index is -0.837. The largest absolute Gasteiger partial charge is 0.513 e. The number of carbonyl (C=O) groups excluding carboxylic acids is 4. The van der Waals surface area contributed by atoms with Gasteiger partial charge in [0.05, 0.1) is 24.3 Å². The fraction of sp³-hybridized carbons (Fsp3) is 0.421. The third-order valence-electron chi connectivity index (χ3n) is 8.44. The summed E-state index contributed by atoms with van der Waals surface area (Å²) in [5.74, 6) is 0.626. The highest BCUT2D eigenvalue weighted by molar-refractivity contribution is 5.96. The summed E-state index contributed by atoms with van der Waals surface area (Å²) >= 11 is 0. The maximum Gasteiger partial charge on any atom is 0.513 e. The second-order valence-corrected chi connectivity index (χ2v) is 12.4. The van der Waals surface area contributed by atoms with Gasteiger partial charge < -0.3 is 23.7 Å².